The summed E-state index contributed by atoms with van der Waals surface area (Å²) in [6, 6.07) is 11.4. The number of phenolic OH excluding ortho intramolecular Hbond substituents is 6. The summed E-state index contributed by atoms with van der Waals surface area (Å²) >= 11 is 0. The van der Waals surface area contributed by atoms with E-state index in [-0.39, 0.29) is 28.7 Å². The molecule has 3 aromatic rings. The summed E-state index contributed by atoms with van der Waals surface area (Å²) in [6.07, 6.45) is 0.460. The van der Waals surface area contributed by atoms with Crippen molar-refractivity contribution in [2.45, 2.75) is 27.2 Å². The third-order valence-corrected chi connectivity index (χ3v) is 6.23. The molecule has 3 aromatic carbocycles. The van der Waals surface area contributed by atoms with Gasteiger partial charge >= 0.3 is 0 Å². The lowest BCUT2D eigenvalue weighted by atomic mass is 9.92. The predicted molar refractivity (Wildman–Crippen MR) is 148 cm³/mol. The maximum Gasteiger partial charge on any atom is 0.260 e. The van der Waals surface area contributed by atoms with E-state index >= 15 is 0 Å². The van der Waals surface area contributed by atoms with Gasteiger partial charge in [-0.3, -0.25) is 14.4 Å². The zero-order valence-corrected chi connectivity index (χ0v) is 22.8. The highest BCUT2D eigenvalue weighted by molar-refractivity contribution is 6.00. The first-order valence-corrected chi connectivity index (χ1v) is 12.6. The van der Waals surface area contributed by atoms with Crippen LogP contribution in [-0.4, -0.2) is 78.0 Å². The summed E-state index contributed by atoms with van der Waals surface area (Å²) in [6.45, 7) is 4.93. The molecule has 12 nitrogen and oxygen atoms in total. The molecule has 0 unspecified atom stereocenters. The highest BCUT2D eigenvalue weighted by Crippen LogP contribution is 2.32. The summed E-state index contributed by atoms with van der Waals surface area (Å²) < 4.78 is 0. The molecule has 3 amide bonds. The molecule has 0 aliphatic carbocycles. The summed E-state index contributed by atoms with van der Waals surface area (Å²) in [4.78, 5) is 42.2. The van der Waals surface area contributed by atoms with Gasteiger partial charge in [0.1, 0.15) is 0 Å². The van der Waals surface area contributed by atoms with Crippen molar-refractivity contribution in [2.75, 3.05) is 19.9 Å². The number of nitrogens with zero attached hydrogens (tertiary/aromatic N) is 2. The standard InChI is InChI=1S/C29H33N3O9/c1-29(2,3)13-14-31(27(40)18-8-5-11-21(34)24(18)37)16-32(28(41)19-9-6-12-22(35)25(19)38)15-30-26(39)17-7-4-10-20(33)23(17)36/h4-12,33-38H,13-16H2,1-3H3,(H,30,39). The van der Waals surface area contributed by atoms with Crippen LogP contribution in [0.25, 0.3) is 0 Å². The van der Waals surface area contributed by atoms with Crippen LogP contribution in [-0.2, 0) is 0 Å². The number of carbonyl (C=O) groups excluding carboxylic acids is 3. The highest BCUT2D eigenvalue weighted by atomic mass is 16.3. The Labute approximate surface area is 236 Å². The fraction of sp³-hybridized carbons (Fsp3) is 0.276. The summed E-state index contributed by atoms with van der Waals surface area (Å²) in [5.41, 5.74) is -1.07. The van der Waals surface area contributed by atoms with E-state index in [9.17, 15) is 45.0 Å². The van der Waals surface area contributed by atoms with Crippen LogP contribution in [0.5, 0.6) is 34.5 Å². The fourth-order valence-corrected chi connectivity index (χ4v) is 3.82. The summed E-state index contributed by atoms with van der Waals surface area (Å²) in [5, 5.41) is 62.9. The van der Waals surface area contributed by atoms with Gasteiger partial charge in [0.2, 0.25) is 0 Å². The Kier molecular flexibility index (Phi) is 9.17. The third kappa shape index (κ3) is 7.29. The second kappa shape index (κ2) is 12.4. The Bertz CT molecular complexity index is 1450. The van der Waals surface area contributed by atoms with Crippen LogP contribution >= 0.6 is 0 Å². The van der Waals surface area contributed by atoms with Crippen LogP contribution in [0.2, 0.25) is 0 Å². The minimum Gasteiger partial charge on any atom is -0.504 e. The van der Waals surface area contributed by atoms with Crippen molar-refractivity contribution < 1.29 is 45.0 Å². The van der Waals surface area contributed by atoms with Gasteiger partial charge in [-0.15, -0.1) is 0 Å². The van der Waals surface area contributed by atoms with Gasteiger partial charge in [-0.1, -0.05) is 39.0 Å². The van der Waals surface area contributed by atoms with E-state index in [1.165, 1.54) is 59.5 Å². The number of aromatic hydroxyl groups is 6. The monoisotopic (exact) mass is 567 g/mol. The van der Waals surface area contributed by atoms with Gasteiger partial charge in [0.15, 0.2) is 34.5 Å². The van der Waals surface area contributed by atoms with E-state index in [1.807, 2.05) is 20.8 Å². The molecule has 0 aromatic heterocycles. The van der Waals surface area contributed by atoms with Gasteiger partial charge in [-0.25, -0.2) is 0 Å². The molecule has 0 saturated carbocycles. The number of hydrogen-bond donors (Lipinski definition) is 7. The van der Waals surface area contributed by atoms with E-state index in [1.54, 1.807) is 0 Å². The average molecular weight is 568 g/mol. The van der Waals surface area contributed by atoms with Crippen LogP contribution in [0.4, 0.5) is 0 Å². The SMILES string of the molecule is CC(C)(C)CCN(CN(CNC(=O)c1cccc(O)c1O)C(=O)c1cccc(O)c1O)C(=O)c1cccc(O)c1O. The van der Waals surface area contributed by atoms with Crippen molar-refractivity contribution in [3.05, 3.63) is 71.3 Å². The molecule has 0 saturated heterocycles. The normalized spacial score (nSPS) is 11.1. The molecule has 0 fully saturated rings. The first-order chi connectivity index (χ1) is 19.2. The number of carbonyl (C=O) groups is 3. The first-order valence-electron chi connectivity index (χ1n) is 12.6. The van der Waals surface area contributed by atoms with Crippen LogP contribution in [0.3, 0.4) is 0 Å². The molecule has 0 heterocycles. The van der Waals surface area contributed by atoms with E-state index in [4.69, 9.17) is 0 Å². The van der Waals surface area contributed by atoms with Gasteiger partial charge in [0.05, 0.1) is 30.0 Å². The zero-order chi connectivity index (χ0) is 30.5. The molecule has 0 aliphatic heterocycles. The molecule has 0 bridgehead atoms. The molecule has 41 heavy (non-hydrogen) atoms. The number of rotatable bonds is 9. The third-order valence-electron chi connectivity index (χ3n) is 6.23. The van der Waals surface area contributed by atoms with Crippen molar-refractivity contribution in [2.24, 2.45) is 5.41 Å². The molecular formula is C29H33N3O9. The summed E-state index contributed by atoms with van der Waals surface area (Å²) in [5.74, 6) is -6.07. The van der Waals surface area contributed by atoms with Crippen molar-refractivity contribution in [1.29, 1.82) is 0 Å². The Balaban J connectivity index is 1.99. The number of amides is 3. The molecule has 218 valence electrons. The maximum atomic E-state index is 13.6. The predicted octanol–water partition coefficient (Wildman–Crippen LogP) is 3.29. The first kappa shape index (κ1) is 30.4. The van der Waals surface area contributed by atoms with E-state index < -0.39 is 65.6 Å². The highest BCUT2D eigenvalue weighted by Gasteiger charge is 2.28. The van der Waals surface area contributed by atoms with Gasteiger partial charge in [0.25, 0.3) is 17.7 Å². The second-order valence-corrected chi connectivity index (χ2v) is 10.5. The van der Waals surface area contributed by atoms with E-state index in [0.717, 1.165) is 4.90 Å². The second-order valence-electron chi connectivity index (χ2n) is 10.5. The molecule has 7 N–H and O–H groups in total. The van der Waals surface area contributed by atoms with Crippen molar-refractivity contribution in [1.82, 2.24) is 15.1 Å². The van der Waals surface area contributed by atoms with Gasteiger partial charge in [-0.2, -0.15) is 0 Å². The van der Waals surface area contributed by atoms with Crippen LogP contribution < -0.4 is 5.32 Å². The number of nitrogens with one attached hydrogen (secondary N) is 1. The van der Waals surface area contributed by atoms with Crippen LogP contribution in [0, 0.1) is 5.41 Å². The Morgan fingerprint density at radius 1 is 0.659 bits per heavy atom. The van der Waals surface area contributed by atoms with Gasteiger partial charge in [0, 0.05) is 6.54 Å². The Hall–Kier alpha value is -5.13. The van der Waals surface area contributed by atoms with Crippen LogP contribution in [0.15, 0.2) is 54.6 Å². The molecule has 0 aliphatic rings. The minimum atomic E-state index is -0.868. The Morgan fingerprint density at radius 3 is 1.54 bits per heavy atom. The largest absolute Gasteiger partial charge is 0.504 e. The number of para-hydroxylation sites is 3. The number of phenols is 6. The zero-order valence-electron chi connectivity index (χ0n) is 22.8. The Morgan fingerprint density at radius 2 is 1.07 bits per heavy atom. The summed E-state index contributed by atoms with van der Waals surface area (Å²) in [7, 11) is 0. The van der Waals surface area contributed by atoms with Gasteiger partial charge < -0.3 is 45.8 Å². The molecular weight excluding hydrogens is 534 g/mol. The topological polar surface area (TPSA) is 191 Å². The molecule has 12 heteroatoms. The average Bonchev–Trinajstić information content (AvgIpc) is 2.91. The molecule has 0 atom stereocenters. The smallest absolute Gasteiger partial charge is 0.260 e. The van der Waals surface area contributed by atoms with Gasteiger partial charge in [-0.05, 0) is 48.2 Å². The van der Waals surface area contributed by atoms with Crippen LogP contribution in [0.1, 0.15) is 58.3 Å². The number of benzene rings is 3. The molecule has 0 radical (unpaired) electrons. The van der Waals surface area contributed by atoms with E-state index in [2.05, 4.69) is 5.32 Å². The van der Waals surface area contributed by atoms with Crippen molar-refractivity contribution in [3.63, 3.8) is 0 Å². The lowest BCUT2D eigenvalue weighted by molar-refractivity contribution is 0.0488. The van der Waals surface area contributed by atoms with Crippen molar-refractivity contribution in [3.8, 4) is 34.5 Å². The lowest BCUT2D eigenvalue weighted by Gasteiger charge is -2.33. The quantitative estimate of drug-likeness (QED) is 0.150. The van der Waals surface area contributed by atoms with E-state index in [0.29, 0.717) is 6.42 Å². The number of hydrogen-bond acceptors (Lipinski definition) is 9. The molecule has 0 spiro atoms. The maximum absolute atomic E-state index is 13.6. The lowest BCUT2D eigenvalue weighted by Crippen LogP contribution is -2.49. The molecule has 3 rings (SSSR count). The fourth-order valence-electron chi connectivity index (χ4n) is 3.82. The minimum absolute atomic E-state index is 0.0918. The van der Waals surface area contributed by atoms with Crippen molar-refractivity contribution >= 4 is 17.7 Å².